The number of nitro groups is 1. The van der Waals surface area contributed by atoms with E-state index in [1.807, 2.05) is 0 Å². The predicted molar refractivity (Wildman–Crippen MR) is 101 cm³/mol. The van der Waals surface area contributed by atoms with E-state index in [-0.39, 0.29) is 32.7 Å². The van der Waals surface area contributed by atoms with Crippen molar-refractivity contribution in [1.82, 2.24) is 4.90 Å². The Bertz CT molecular complexity index is 995. The van der Waals surface area contributed by atoms with Crippen LogP contribution in [0.4, 0.5) is 14.9 Å². The summed E-state index contributed by atoms with van der Waals surface area (Å²) in [6.07, 6.45) is 1.31. The van der Waals surface area contributed by atoms with Crippen LogP contribution in [0.5, 0.6) is 0 Å². The highest BCUT2D eigenvalue weighted by molar-refractivity contribution is 8.18. The quantitative estimate of drug-likeness (QED) is 0.377. The van der Waals surface area contributed by atoms with Gasteiger partial charge in [0.25, 0.3) is 16.8 Å². The maximum absolute atomic E-state index is 13.0. The number of benzene rings is 2. The lowest BCUT2D eigenvalue weighted by atomic mass is 10.1. The van der Waals surface area contributed by atoms with Crippen molar-refractivity contribution >= 4 is 57.9 Å². The molecule has 0 radical (unpaired) electrons. The summed E-state index contributed by atoms with van der Waals surface area (Å²) >= 11 is 12.5. The lowest BCUT2D eigenvalue weighted by molar-refractivity contribution is -0.384. The second-order valence-corrected chi connectivity index (χ2v) is 7.28. The fraction of sp³-hybridized carbons (Fsp3) is 0.0588. The predicted octanol–water partition coefficient (Wildman–Crippen LogP) is 5.28. The molecule has 2 aromatic rings. The van der Waals surface area contributed by atoms with Gasteiger partial charge in [0.15, 0.2) is 0 Å². The molecule has 0 atom stereocenters. The Morgan fingerprint density at radius 1 is 1.15 bits per heavy atom. The van der Waals surface area contributed by atoms with Crippen LogP contribution in [-0.2, 0) is 11.3 Å². The van der Waals surface area contributed by atoms with Gasteiger partial charge >= 0.3 is 0 Å². The Morgan fingerprint density at radius 2 is 1.81 bits per heavy atom. The summed E-state index contributed by atoms with van der Waals surface area (Å²) in [5, 5.41) is 10.5. The van der Waals surface area contributed by atoms with Crippen LogP contribution in [0.25, 0.3) is 6.08 Å². The number of halogens is 3. The molecule has 138 valence electrons. The van der Waals surface area contributed by atoms with Crippen molar-refractivity contribution < 1.29 is 18.9 Å². The fourth-order valence-electron chi connectivity index (χ4n) is 2.35. The summed E-state index contributed by atoms with van der Waals surface area (Å²) in [6.45, 7) is -0.0171. The van der Waals surface area contributed by atoms with Crippen molar-refractivity contribution in [2.45, 2.75) is 6.54 Å². The van der Waals surface area contributed by atoms with Crippen molar-refractivity contribution in [2.75, 3.05) is 0 Å². The molecule has 2 amide bonds. The fourth-order valence-corrected chi connectivity index (χ4v) is 3.69. The zero-order valence-corrected chi connectivity index (χ0v) is 15.6. The van der Waals surface area contributed by atoms with Gasteiger partial charge < -0.3 is 0 Å². The molecule has 27 heavy (non-hydrogen) atoms. The van der Waals surface area contributed by atoms with Gasteiger partial charge in [-0.3, -0.25) is 24.6 Å². The van der Waals surface area contributed by atoms with Crippen LogP contribution in [0, 0.1) is 15.9 Å². The van der Waals surface area contributed by atoms with Gasteiger partial charge in [0.2, 0.25) is 0 Å². The third-order valence-electron chi connectivity index (χ3n) is 3.68. The molecule has 1 aliphatic rings. The molecule has 0 spiro atoms. The highest BCUT2D eigenvalue weighted by Gasteiger charge is 2.35. The first-order valence-electron chi connectivity index (χ1n) is 7.39. The summed E-state index contributed by atoms with van der Waals surface area (Å²) < 4.78 is 13.0. The number of imide groups is 1. The van der Waals surface area contributed by atoms with Gasteiger partial charge in [0, 0.05) is 16.7 Å². The molecule has 6 nitrogen and oxygen atoms in total. The van der Waals surface area contributed by atoms with Gasteiger partial charge in [-0.1, -0.05) is 35.3 Å². The third-order valence-corrected chi connectivity index (χ3v) is 5.21. The summed E-state index contributed by atoms with van der Waals surface area (Å²) in [5.74, 6) is -0.991. The topological polar surface area (TPSA) is 80.5 Å². The molecule has 0 saturated carbocycles. The van der Waals surface area contributed by atoms with Gasteiger partial charge in [-0.15, -0.1) is 0 Å². The lowest BCUT2D eigenvalue weighted by Gasteiger charge is -2.12. The molecular weight excluding hydrogens is 418 g/mol. The molecule has 10 heteroatoms. The maximum atomic E-state index is 13.0. The number of hydrogen-bond donors (Lipinski definition) is 0. The first-order chi connectivity index (χ1) is 12.8. The van der Waals surface area contributed by atoms with E-state index >= 15 is 0 Å². The molecule has 0 aliphatic carbocycles. The molecule has 0 unspecified atom stereocenters. The van der Waals surface area contributed by atoms with E-state index in [0.29, 0.717) is 17.3 Å². The number of amides is 2. The Kier molecular flexibility index (Phi) is 5.50. The van der Waals surface area contributed by atoms with E-state index < -0.39 is 21.9 Å². The number of nitrogens with zero attached hydrogens (tertiary/aromatic N) is 2. The maximum Gasteiger partial charge on any atom is 0.293 e. The molecule has 2 aromatic carbocycles. The third kappa shape index (κ3) is 4.13. The largest absolute Gasteiger partial charge is 0.293 e. The van der Waals surface area contributed by atoms with Crippen LogP contribution in [-0.4, -0.2) is 21.0 Å². The molecular formula is C17H9Cl2FN2O4S. The monoisotopic (exact) mass is 426 g/mol. The average molecular weight is 427 g/mol. The molecule has 0 bridgehead atoms. The zero-order valence-electron chi connectivity index (χ0n) is 13.3. The first-order valence-corrected chi connectivity index (χ1v) is 8.97. The number of nitro benzene ring substituents is 1. The van der Waals surface area contributed by atoms with E-state index in [1.165, 1.54) is 36.4 Å². The molecule has 3 rings (SSSR count). The van der Waals surface area contributed by atoms with Crippen LogP contribution in [0.2, 0.25) is 10.0 Å². The summed E-state index contributed by atoms with van der Waals surface area (Å²) in [7, 11) is 0. The minimum Gasteiger partial charge on any atom is -0.268 e. The second kappa shape index (κ2) is 7.67. The van der Waals surface area contributed by atoms with Crippen molar-refractivity contribution in [1.29, 1.82) is 0 Å². The van der Waals surface area contributed by atoms with Crippen molar-refractivity contribution in [2.24, 2.45) is 0 Å². The van der Waals surface area contributed by atoms with Crippen LogP contribution in [0.1, 0.15) is 11.1 Å². The van der Waals surface area contributed by atoms with Gasteiger partial charge in [0.05, 0.1) is 16.4 Å². The van der Waals surface area contributed by atoms with Crippen molar-refractivity contribution in [3.63, 3.8) is 0 Å². The van der Waals surface area contributed by atoms with Crippen molar-refractivity contribution in [3.05, 3.63) is 78.4 Å². The van der Waals surface area contributed by atoms with Crippen LogP contribution < -0.4 is 0 Å². The highest BCUT2D eigenvalue weighted by Crippen LogP contribution is 2.37. The number of carbonyl (C=O) groups excluding carboxylic acids is 2. The molecule has 1 fully saturated rings. The molecule has 1 saturated heterocycles. The van der Waals surface area contributed by atoms with E-state index in [9.17, 15) is 24.1 Å². The summed E-state index contributed by atoms with van der Waals surface area (Å²) in [4.78, 5) is 36.1. The molecule has 1 heterocycles. The Hall–Kier alpha value is -2.42. The van der Waals surface area contributed by atoms with Gasteiger partial charge in [-0.05, 0) is 41.6 Å². The SMILES string of the molecule is O=C1S/C(=C\c2cc([N+](=O)[O-])c(Cl)cc2Cl)C(=O)N1Cc1ccc(F)cc1. The number of carbonyl (C=O) groups is 2. The Balaban J connectivity index is 1.89. The summed E-state index contributed by atoms with van der Waals surface area (Å²) in [5.41, 5.74) is 0.415. The minimum atomic E-state index is -0.670. The Morgan fingerprint density at radius 3 is 2.44 bits per heavy atom. The number of hydrogen-bond acceptors (Lipinski definition) is 5. The van der Waals surface area contributed by atoms with Crippen LogP contribution >= 0.6 is 35.0 Å². The highest BCUT2D eigenvalue weighted by atomic mass is 35.5. The van der Waals surface area contributed by atoms with Gasteiger partial charge in [-0.25, -0.2) is 4.39 Å². The summed E-state index contributed by atoms with van der Waals surface area (Å²) in [6, 6.07) is 7.76. The minimum absolute atomic E-state index is 0.0171. The van der Waals surface area contributed by atoms with E-state index in [0.717, 1.165) is 11.0 Å². The van der Waals surface area contributed by atoms with E-state index in [1.54, 1.807) is 0 Å². The smallest absolute Gasteiger partial charge is 0.268 e. The number of rotatable bonds is 4. The zero-order chi connectivity index (χ0) is 19.7. The van der Waals surface area contributed by atoms with Gasteiger partial charge in [0.1, 0.15) is 10.8 Å². The first kappa shape index (κ1) is 19.3. The normalized spacial score (nSPS) is 15.7. The Labute approximate surface area is 166 Å². The molecule has 1 aliphatic heterocycles. The van der Waals surface area contributed by atoms with E-state index in [4.69, 9.17) is 23.2 Å². The standard InChI is InChI=1S/C17H9Cl2FN2O4S/c18-12-7-13(19)14(22(25)26)5-10(12)6-15-16(23)21(17(24)27-15)8-9-1-3-11(20)4-2-9/h1-7H,8H2/b15-6-. The van der Waals surface area contributed by atoms with Crippen LogP contribution in [0.3, 0.4) is 0 Å². The molecule has 0 N–H and O–H groups in total. The molecule has 0 aromatic heterocycles. The van der Waals surface area contributed by atoms with Crippen molar-refractivity contribution in [3.8, 4) is 0 Å². The van der Waals surface area contributed by atoms with Crippen LogP contribution in [0.15, 0.2) is 41.3 Å². The van der Waals surface area contributed by atoms with Gasteiger partial charge in [-0.2, -0.15) is 0 Å². The second-order valence-electron chi connectivity index (χ2n) is 5.48. The van der Waals surface area contributed by atoms with E-state index in [2.05, 4.69) is 0 Å². The number of thioether (sulfide) groups is 1. The lowest BCUT2D eigenvalue weighted by Crippen LogP contribution is -2.27. The average Bonchev–Trinajstić information content (AvgIpc) is 2.86.